The molecule has 172 valence electrons. The number of thioether (sulfide) groups is 1. The number of aromatic nitrogens is 2. The zero-order valence-corrected chi connectivity index (χ0v) is 19.9. The average Bonchev–Trinajstić information content (AvgIpc) is 3.29. The van der Waals surface area contributed by atoms with Gasteiger partial charge in [0.1, 0.15) is 6.61 Å². The number of ether oxygens (including phenoxy) is 1. The molecule has 1 fully saturated rings. The standard InChI is InChI=1S/C24H26N4O3S2/c29-22(18-33-24-25-10-9-20(26-24)21-8-4-15-32-21)28-12-5-11-27(13-14-28)16-23(30)31-17-19-6-2-1-3-7-19/h1-4,6-10,15H,5,11-14,16-18H2. The molecule has 0 spiro atoms. The highest BCUT2D eigenvalue weighted by molar-refractivity contribution is 7.99. The van der Waals surface area contributed by atoms with Gasteiger partial charge in [0.25, 0.3) is 0 Å². The zero-order chi connectivity index (χ0) is 22.9. The number of hydrogen-bond acceptors (Lipinski definition) is 8. The van der Waals surface area contributed by atoms with E-state index in [9.17, 15) is 9.59 Å². The van der Waals surface area contributed by atoms with E-state index in [0.29, 0.717) is 30.5 Å². The van der Waals surface area contributed by atoms with Crippen LogP contribution in [0, 0.1) is 0 Å². The van der Waals surface area contributed by atoms with E-state index in [1.54, 1.807) is 17.5 Å². The number of amides is 1. The lowest BCUT2D eigenvalue weighted by atomic mass is 10.2. The quantitative estimate of drug-likeness (QED) is 0.276. The molecule has 0 atom stereocenters. The van der Waals surface area contributed by atoms with Crippen molar-refractivity contribution in [2.24, 2.45) is 0 Å². The second-order valence-corrected chi connectivity index (χ2v) is 9.54. The molecule has 2 aromatic heterocycles. The minimum Gasteiger partial charge on any atom is -0.460 e. The van der Waals surface area contributed by atoms with Crippen LogP contribution in [0.2, 0.25) is 0 Å². The van der Waals surface area contributed by atoms with Gasteiger partial charge in [0.15, 0.2) is 5.16 Å². The van der Waals surface area contributed by atoms with Gasteiger partial charge in [-0.25, -0.2) is 9.97 Å². The van der Waals surface area contributed by atoms with Crippen LogP contribution in [0.25, 0.3) is 10.6 Å². The molecule has 1 amide bonds. The first kappa shape index (κ1) is 23.4. The third-order valence-corrected chi connectivity index (χ3v) is 7.01. The fourth-order valence-electron chi connectivity index (χ4n) is 3.53. The summed E-state index contributed by atoms with van der Waals surface area (Å²) in [4.78, 5) is 38.9. The first-order valence-electron chi connectivity index (χ1n) is 10.9. The van der Waals surface area contributed by atoms with Crippen molar-refractivity contribution in [1.29, 1.82) is 0 Å². The summed E-state index contributed by atoms with van der Waals surface area (Å²) >= 11 is 2.99. The Kier molecular flexibility index (Phi) is 8.46. The van der Waals surface area contributed by atoms with E-state index in [1.807, 2.05) is 58.8 Å². The third kappa shape index (κ3) is 7.12. The maximum Gasteiger partial charge on any atom is 0.320 e. The summed E-state index contributed by atoms with van der Waals surface area (Å²) in [7, 11) is 0. The number of esters is 1. The second kappa shape index (κ2) is 11.9. The van der Waals surface area contributed by atoms with E-state index in [1.165, 1.54) is 11.8 Å². The summed E-state index contributed by atoms with van der Waals surface area (Å²) in [6.07, 6.45) is 2.56. The van der Waals surface area contributed by atoms with E-state index in [0.717, 1.165) is 29.1 Å². The van der Waals surface area contributed by atoms with E-state index >= 15 is 0 Å². The molecular formula is C24H26N4O3S2. The molecular weight excluding hydrogens is 456 g/mol. The Morgan fingerprint density at radius 1 is 1.03 bits per heavy atom. The summed E-state index contributed by atoms with van der Waals surface area (Å²) in [5.74, 6) is 0.128. The van der Waals surface area contributed by atoms with Crippen molar-refractivity contribution in [1.82, 2.24) is 19.8 Å². The minimum atomic E-state index is -0.239. The number of carbonyl (C=O) groups excluding carboxylic acids is 2. The lowest BCUT2D eigenvalue weighted by Gasteiger charge is -2.21. The zero-order valence-electron chi connectivity index (χ0n) is 18.3. The van der Waals surface area contributed by atoms with E-state index in [4.69, 9.17) is 4.74 Å². The van der Waals surface area contributed by atoms with Gasteiger partial charge in [-0.2, -0.15) is 0 Å². The van der Waals surface area contributed by atoms with Crippen molar-refractivity contribution in [2.75, 3.05) is 38.5 Å². The maximum atomic E-state index is 12.8. The summed E-state index contributed by atoms with van der Waals surface area (Å²) in [6, 6.07) is 15.5. The molecule has 0 N–H and O–H groups in total. The van der Waals surface area contributed by atoms with Crippen LogP contribution in [-0.4, -0.2) is 70.1 Å². The van der Waals surface area contributed by atoms with Crippen LogP contribution in [0.4, 0.5) is 0 Å². The van der Waals surface area contributed by atoms with Gasteiger partial charge in [-0.1, -0.05) is 48.2 Å². The second-order valence-electron chi connectivity index (χ2n) is 7.65. The van der Waals surface area contributed by atoms with Crippen LogP contribution < -0.4 is 0 Å². The van der Waals surface area contributed by atoms with Crippen LogP contribution in [0.5, 0.6) is 0 Å². The van der Waals surface area contributed by atoms with Crippen LogP contribution in [-0.2, 0) is 20.9 Å². The summed E-state index contributed by atoms with van der Waals surface area (Å²) in [5.41, 5.74) is 1.85. The highest BCUT2D eigenvalue weighted by atomic mass is 32.2. The molecule has 0 aliphatic carbocycles. The Labute approximate surface area is 201 Å². The van der Waals surface area contributed by atoms with Gasteiger partial charge in [-0.05, 0) is 29.5 Å². The molecule has 1 aliphatic heterocycles. The van der Waals surface area contributed by atoms with Crippen molar-refractivity contribution < 1.29 is 14.3 Å². The molecule has 1 saturated heterocycles. The van der Waals surface area contributed by atoms with Crippen molar-refractivity contribution >= 4 is 35.0 Å². The van der Waals surface area contributed by atoms with Crippen LogP contribution in [0.15, 0.2) is 65.3 Å². The van der Waals surface area contributed by atoms with E-state index in [-0.39, 0.29) is 25.0 Å². The number of thiophene rings is 1. The van der Waals surface area contributed by atoms with Crippen molar-refractivity contribution in [3.63, 3.8) is 0 Å². The molecule has 0 saturated carbocycles. The van der Waals surface area contributed by atoms with E-state index in [2.05, 4.69) is 14.9 Å². The molecule has 3 heterocycles. The topological polar surface area (TPSA) is 75.6 Å². The largest absolute Gasteiger partial charge is 0.460 e. The average molecular weight is 483 g/mol. The molecule has 0 unspecified atom stereocenters. The monoisotopic (exact) mass is 482 g/mol. The van der Waals surface area contributed by atoms with Gasteiger partial charge in [0.05, 0.1) is 22.9 Å². The molecule has 3 aromatic rings. The van der Waals surface area contributed by atoms with Crippen LogP contribution in [0.3, 0.4) is 0 Å². The van der Waals surface area contributed by atoms with Crippen LogP contribution in [0.1, 0.15) is 12.0 Å². The van der Waals surface area contributed by atoms with Gasteiger partial charge in [-0.15, -0.1) is 11.3 Å². The molecule has 33 heavy (non-hydrogen) atoms. The minimum absolute atomic E-state index is 0.0682. The SMILES string of the molecule is O=C(CN1CCCN(C(=O)CSc2nccc(-c3cccs3)n2)CC1)OCc1ccccc1. The van der Waals surface area contributed by atoms with Gasteiger partial charge in [0, 0.05) is 32.4 Å². The highest BCUT2D eigenvalue weighted by Crippen LogP contribution is 2.24. The summed E-state index contributed by atoms with van der Waals surface area (Å²) in [6.45, 7) is 3.23. The molecule has 7 nitrogen and oxygen atoms in total. The number of benzene rings is 1. The van der Waals surface area contributed by atoms with Gasteiger partial charge in [-0.3, -0.25) is 14.5 Å². The molecule has 0 bridgehead atoms. The fourth-order valence-corrected chi connectivity index (χ4v) is 4.96. The molecule has 1 aliphatic rings. The lowest BCUT2D eigenvalue weighted by molar-refractivity contribution is -0.146. The Hall–Kier alpha value is -2.75. The summed E-state index contributed by atoms with van der Waals surface area (Å²) in [5, 5.41) is 2.62. The van der Waals surface area contributed by atoms with Gasteiger partial charge >= 0.3 is 5.97 Å². The predicted octanol–water partition coefficient (Wildman–Crippen LogP) is 3.57. The molecule has 0 radical (unpaired) electrons. The third-order valence-electron chi connectivity index (χ3n) is 5.27. The Balaban J connectivity index is 1.21. The first-order valence-corrected chi connectivity index (χ1v) is 12.7. The first-order chi connectivity index (χ1) is 16.2. The number of hydrogen-bond donors (Lipinski definition) is 0. The normalized spacial score (nSPS) is 14.6. The molecule has 9 heteroatoms. The number of carbonyl (C=O) groups is 2. The number of rotatable bonds is 8. The Morgan fingerprint density at radius 2 is 1.91 bits per heavy atom. The Bertz CT molecular complexity index is 1050. The van der Waals surface area contributed by atoms with Gasteiger partial charge < -0.3 is 9.64 Å². The van der Waals surface area contributed by atoms with Crippen molar-refractivity contribution in [3.05, 3.63) is 65.7 Å². The molecule has 4 rings (SSSR count). The van der Waals surface area contributed by atoms with Crippen molar-refractivity contribution in [3.8, 4) is 10.6 Å². The number of nitrogens with zero attached hydrogens (tertiary/aromatic N) is 4. The predicted molar refractivity (Wildman–Crippen MR) is 130 cm³/mol. The lowest BCUT2D eigenvalue weighted by Crippen LogP contribution is -2.37. The maximum absolute atomic E-state index is 12.8. The fraction of sp³-hybridized carbons (Fsp3) is 0.333. The van der Waals surface area contributed by atoms with Crippen molar-refractivity contribution in [2.45, 2.75) is 18.2 Å². The highest BCUT2D eigenvalue weighted by Gasteiger charge is 2.21. The van der Waals surface area contributed by atoms with Gasteiger partial charge in [0.2, 0.25) is 5.91 Å². The smallest absolute Gasteiger partial charge is 0.320 e. The van der Waals surface area contributed by atoms with E-state index < -0.39 is 0 Å². The summed E-state index contributed by atoms with van der Waals surface area (Å²) < 4.78 is 5.39. The molecule has 1 aromatic carbocycles. The van der Waals surface area contributed by atoms with Crippen LogP contribution >= 0.6 is 23.1 Å². The Morgan fingerprint density at radius 3 is 2.73 bits per heavy atom.